The lowest BCUT2D eigenvalue weighted by molar-refractivity contribution is 0.274. The van der Waals surface area contributed by atoms with Crippen LogP contribution in [0.3, 0.4) is 0 Å². The normalized spacial score (nSPS) is 10.6. The Balaban J connectivity index is 2.71. The fourth-order valence-electron chi connectivity index (χ4n) is 1.91. The van der Waals surface area contributed by atoms with E-state index in [0.717, 1.165) is 49.8 Å². The fraction of sp³-hybridized carbons (Fsp3) is 0.625. The quantitative estimate of drug-likeness (QED) is 0.631. The highest BCUT2D eigenvalue weighted by Crippen LogP contribution is 2.31. The van der Waals surface area contributed by atoms with Gasteiger partial charge in [0.2, 0.25) is 0 Å². The number of ether oxygens (including phenoxy) is 2. The van der Waals surface area contributed by atoms with Gasteiger partial charge in [-0.1, -0.05) is 19.1 Å². The van der Waals surface area contributed by atoms with Crippen LogP contribution >= 0.6 is 11.8 Å². The van der Waals surface area contributed by atoms with Crippen molar-refractivity contribution in [2.75, 3.05) is 31.8 Å². The second kappa shape index (κ2) is 10.9. The van der Waals surface area contributed by atoms with Crippen LogP contribution in [0.15, 0.2) is 18.2 Å². The first-order valence-corrected chi connectivity index (χ1v) is 8.80. The first kappa shape index (κ1) is 17.2. The average Bonchev–Trinajstić information content (AvgIpc) is 2.46. The van der Waals surface area contributed by atoms with Gasteiger partial charge in [0, 0.05) is 12.1 Å². The lowest BCUT2D eigenvalue weighted by Gasteiger charge is -2.16. The van der Waals surface area contributed by atoms with E-state index in [1.165, 1.54) is 5.56 Å². The van der Waals surface area contributed by atoms with Crippen molar-refractivity contribution in [1.29, 1.82) is 0 Å². The Morgan fingerprint density at radius 1 is 1.20 bits per heavy atom. The molecule has 0 aliphatic heterocycles. The summed E-state index contributed by atoms with van der Waals surface area (Å²) < 4.78 is 11.7. The maximum absolute atomic E-state index is 5.98. The van der Waals surface area contributed by atoms with E-state index in [1.807, 2.05) is 30.8 Å². The molecule has 0 heterocycles. The highest BCUT2D eigenvalue weighted by atomic mass is 32.2. The number of hydrogen-bond donors (Lipinski definition) is 1. The lowest BCUT2D eigenvalue weighted by atomic mass is 10.2. The van der Waals surface area contributed by atoms with E-state index in [2.05, 4.69) is 24.6 Å². The highest BCUT2D eigenvalue weighted by Gasteiger charge is 2.10. The summed E-state index contributed by atoms with van der Waals surface area (Å²) in [5, 5.41) is 3.42. The fourth-order valence-corrected chi connectivity index (χ4v) is 2.32. The summed E-state index contributed by atoms with van der Waals surface area (Å²) in [5.41, 5.74) is 1.17. The van der Waals surface area contributed by atoms with Gasteiger partial charge in [0.25, 0.3) is 0 Å². The Labute approximate surface area is 127 Å². The molecule has 0 amide bonds. The van der Waals surface area contributed by atoms with Crippen molar-refractivity contribution < 1.29 is 9.47 Å². The molecule has 4 heteroatoms. The van der Waals surface area contributed by atoms with Crippen molar-refractivity contribution in [2.45, 2.75) is 33.2 Å². The van der Waals surface area contributed by atoms with Gasteiger partial charge in [0.15, 0.2) is 11.5 Å². The van der Waals surface area contributed by atoms with Gasteiger partial charge < -0.3 is 14.8 Å². The summed E-state index contributed by atoms with van der Waals surface area (Å²) in [5.74, 6) is 2.88. The summed E-state index contributed by atoms with van der Waals surface area (Å²) in [7, 11) is 0. The van der Waals surface area contributed by atoms with Crippen molar-refractivity contribution in [2.24, 2.45) is 0 Å². The van der Waals surface area contributed by atoms with Gasteiger partial charge in [-0.25, -0.2) is 0 Å². The van der Waals surface area contributed by atoms with Gasteiger partial charge in [-0.3, -0.25) is 0 Å². The molecule has 0 fully saturated rings. The maximum Gasteiger partial charge on any atom is 0.165 e. The van der Waals surface area contributed by atoms with E-state index in [9.17, 15) is 0 Å². The molecule has 0 aliphatic rings. The molecule has 0 atom stereocenters. The molecule has 0 aromatic heterocycles. The Morgan fingerprint density at radius 3 is 2.75 bits per heavy atom. The van der Waals surface area contributed by atoms with Gasteiger partial charge in [0.05, 0.1) is 13.2 Å². The Morgan fingerprint density at radius 2 is 2.05 bits per heavy atom. The van der Waals surface area contributed by atoms with E-state index < -0.39 is 0 Å². The smallest absolute Gasteiger partial charge is 0.165 e. The van der Waals surface area contributed by atoms with Crippen LogP contribution in [0, 0.1) is 0 Å². The van der Waals surface area contributed by atoms with Gasteiger partial charge in [0.1, 0.15) is 0 Å². The molecule has 20 heavy (non-hydrogen) atoms. The third-order valence-corrected chi connectivity index (χ3v) is 3.54. The number of benzene rings is 1. The summed E-state index contributed by atoms with van der Waals surface area (Å²) in [4.78, 5) is 0. The minimum atomic E-state index is 0.660. The van der Waals surface area contributed by atoms with Gasteiger partial charge in [-0.2, -0.15) is 11.8 Å². The van der Waals surface area contributed by atoms with Crippen LogP contribution in [0.5, 0.6) is 11.5 Å². The number of hydrogen-bond acceptors (Lipinski definition) is 4. The van der Waals surface area contributed by atoms with E-state index in [-0.39, 0.29) is 0 Å². The molecule has 0 saturated heterocycles. The predicted octanol–water partition coefficient (Wildman–Crippen LogP) is 3.72. The molecule has 0 bridgehead atoms. The molecule has 3 nitrogen and oxygen atoms in total. The second-order valence-electron chi connectivity index (χ2n) is 4.55. The number of thioether (sulfide) groups is 1. The summed E-state index contributed by atoms with van der Waals surface area (Å²) >= 11 is 1.85. The van der Waals surface area contributed by atoms with Crippen molar-refractivity contribution in [3.8, 4) is 11.5 Å². The molecule has 1 aromatic rings. The zero-order valence-corrected chi connectivity index (χ0v) is 13.7. The molecule has 0 aliphatic carbocycles. The minimum absolute atomic E-state index is 0.660. The average molecular weight is 297 g/mol. The first-order valence-electron chi connectivity index (χ1n) is 7.40. The third kappa shape index (κ3) is 6.06. The van der Waals surface area contributed by atoms with Gasteiger partial charge >= 0.3 is 0 Å². The van der Waals surface area contributed by atoms with Crippen LogP contribution in [0.1, 0.15) is 32.3 Å². The molecule has 0 spiro atoms. The predicted molar refractivity (Wildman–Crippen MR) is 88.1 cm³/mol. The molecule has 114 valence electrons. The Kier molecular flexibility index (Phi) is 9.33. The third-order valence-electron chi connectivity index (χ3n) is 2.84. The van der Waals surface area contributed by atoms with Crippen LogP contribution in [0.25, 0.3) is 0 Å². The molecule has 1 aromatic carbocycles. The molecule has 0 unspecified atom stereocenters. The summed E-state index contributed by atoms with van der Waals surface area (Å²) in [6.45, 7) is 7.42. The van der Waals surface area contributed by atoms with E-state index in [1.54, 1.807) is 0 Å². The zero-order chi connectivity index (χ0) is 14.6. The monoisotopic (exact) mass is 297 g/mol. The molecule has 1 N–H and O–H groups in total. The van der Waals surface area contributed by atoms with Crippen molar-refractivity contribution >= 4 is 11.8 Å². The zero-order valence-electron chi connectivity index (χ0n) is 12.9. The molecular weight excluding hydrogens is 270 g/mol. The standard InChI is InChI=1S/C16H27NO2S/c1-4-10-17-13-14-8-6-9-15(18-5-2)16(14)19-11-7-12-20-3/h6,8-9,17H,4-5,7,10-13H2,1-3H3. The van der Waals surface area contributed by atoms with Crippen LogP contribution in [-0.2, 0) is 6.54 Å². The second-order valence-corrected chi connectivity index (χ2v) is 5.53. The van der Waals surface area contributed by atoms with Crippen LogP contribution in [0.4, 0.5) is 0 Å². The minimum Gasteiger partial charge on any atom is -0.490 e. The molecular formula is C16H27NO2S. The SMILES string of the molecule is CCCNCc1cccc(OCC)c1OCCCSC. The summed E-state index contributed by atoms with van der Waals surface area (Å²) in [6.07, 6.45) is 4.31. The van der Waals surface area contributed by atoms with E-state index in [0.29, 0.717) is 6.61 Å². The van der Waals surface area contributed by atoms with Gasteiger partial charge in [-0.05, 0) is 44.4 Å². The number of para-hydroxylation sites is 1. The summed E-state index contributed by atoms with van der Waals surface area (Å²) in [6, 6.07) is 6.12. The largest absolute Gasteiger partial charge is 0.490 e. The van der Waals surface area contributed by atoms with Crippen molar-refractivity contribution in [3.63, 3.8) is 0 Å². The van der Waals surface area contributed by atoms with Crippen LogP contribution < -0.4 is 14.8 Å². The van der Waals surface area contributed by atoms with Crippen LogP contribution in [-0.4, -0.2) is 31.8 Å². The topological polar surface area (TPSA) is 30.5 Å². The highest BCUT2D eigenvalue weighted by molar-refractivity contribution is 7.98. The van der Waals surface area contributed by atoms with Gasteiger partial charge in [-0.15, -0.1) is 0 Å². The molecule has 1 rings (SSSR count). The first-order chi connectivity index (χ1) is 9.83. The van der Waals surface area contributed by atoms with Crippen LogP contribution in [0.2, 0.25) is 0 Å². The molecule has 0 saturated carbocycles. The number of rotatable bonds is 11. The van der Waals surface area contributed by atoms with E-state index >= 15 is 0 Å². The van der Waals surface area contributed by atoms with Crippen molar-refractivity contribution in [1.82, 2.24) is 5.32 Å². The van der Waals surface area contributed by atoms with Crippen molar-refractivity contribution in [3.05, 3.63) is 23.8 Å². The maximum atomic E-state index is 5.98. The number of nitrogens with one attached hydrogen (secondary N) is 1. The Hall–Kier alpha value is -0.870. The Bertz CT molecular complexity index is 371. The molecule has 0 radical (unpaired) electrons. The lowest BCUT2D eigenvalue weighted by Crippen LogP contribution is -2.15. The van der Waals surface area contributed by atoms with E-state index in [4.69, 9.17) is 9.47 Å².